The van der Waals surface area contributed by atoms with E-state index in [4.69, 9.17) is 5.73 Å². The highest BCUT2D eigenvalue weighted by Gasteiger charge is 2.36. The van der Waals surface area contributed by atoms with Crippen molar-refractivity contribution in [1.29, 1.82) is 0 Å². The molecule has 0 aliphatic carbocycles. The van der Waals surface area contributed by atoms with Crippen molar-refractivity contribution in [1.82, 2.24) is 0 Å². The minimum atomic E-state index is -2.90. The van der Waals surface area contributed by atoms with E-state index < -0.39 is 29.8 Å². The van der Waals surface area contributed by atoms with Gasteiger partial charge < -0.3 is 10.6 Å². The highest BCUT2D eigenvalue weighted by Crippen LogP contribution is 2.33. The number of benzene rings is 1. The van der Waals surface area contributed by atoms with Crippen molar-refractivity contribution in [3.8, 4) is 0 Å². The third-order valence-electron chi connectivity index (χ3n) is 2.75. The van der Waals surface area contributed by atoms with Gasteiger partial charge in [0.15, 0.2) is 11.6 Å². The third kappa shape index (κ3) is 2.45. The Morgan fingerprint density at radius 3 is 2.29 bits per heavy atom. The van der Waals surface area contributed by atoms with Gasteiger partial charge in [0.1, 0.15) is 5.69 Å². The van der Waals surface area contributed by atoms with Crippen LogP contribution in [0.4, 0.5) is 28.9 Å². The number of anilines is 2. The lowest BCUT2D eigenvalue weighted by Crippen LogP contribution is -2.43. The number of nitrogens with zero attached hydrogens (tertiary/aromatic N) is 1. The lowest BCUT2D eigenvalue weighted by atomic mass is 10.1. The molecule has 1 aliphatic heterocycles. The van der Waals surface area contributed by atoms with Crippen molar-refractivity contribution in [3.05, 3.63) is 23.8 Å². The number of piperidine rings is 1. The Bertz CT molecular complexity index is 410. The number of nitrogens with two attached hydrogens (primary N) is 1. The monoisotopic (exact) mass is 248 g/mol. The fraction of sp³-hybridized carbons (Fsp3) is 0.455. The second kappa shape index (κ2) is 4.09. The molecule has 1 saturated heterocycles. The molecule has 0 aromatic heterocycles. The van der Waals surface area contributed by atoms with E-state index in [0.29, 0.717) is 0 Å². The largest absolute Gasteiger partial charge is 0.399 e. The molecular formula is C11H12F4N2. The summed E-state index contributed by atoms with van der Waals surface area (Å²) < 4.78 is 53.4. The Labute approximate surface area is 96.0 Å². The van der Waals surface area contributed by atoms with Gasteiger partial charge in [-0.15, -0.1) is 0 Å². The standard InChI is InChI=1S/C11H12F4N2/c12-8-4-7(16)5-9(13)10(8)17-3-1-2-11(14,15)6-17/h4-5H,1-3,6,16H2. The van der Waals surface area contributed by atoms with E-state index in [9.17, 15) is 17.6 Å². The number of halogens is 4. The van der Waals surface area contributed by atoms with Crippen LogP contribution in [0.15, 0.2) is 12.1 Å². The van der Waals surface area contributed by atoms with Gasteiger partial charge in [-0.2, -0.15) is 0 Å². The van der Waals surface area contributed by atoms with Crippen LogP contribution in [0.2, 0.25) is 0 Å². The summed E-state index contributed by atoms with van der Waals surface area (Å²) in [5, 5.41) is 0. The van der Waals surface area contributed by atoms with Gasteiger partial charge in [0.25, 0.3) is 5.92 Å². The lowest BCUT2D eigenvalue weighted by molar-refractivity contribution is -0.0119. The van der Waals surface area contributed by atoms with Crippen LogP contribution in [0.1, 0.15) is 12.8 Å². The number of nitrogen functional groups attached to an aromatic ring is 1. The molecule has 1 heterocycles. The molecule has 1 aromatic rings. The van der Waals surface area contributed by atoms with E-state index in [1.807, 2.05) is 0 Å². The van der Waals surface area contributed by atoms with Crippen molar-refractivity contribution in [2.75, 3.05) is 23.7 Å². The summed E-state index contributed by atoms with van der Waals surface area (Å²) in [6.07, 6.45) is -0.0437. The van der Waals surface area contributed by atoms with Gasteiger partial charge in [-0.25, -0.2) is 17.6 Å². The molecule has 2 rings (SSSR count). The van der Waals surface area contributed by atoms with Gasteiger partial charge in [0, 0.05) is 18.7 Å². The van der Waals surface area contributed by atoms with Crippen molar-refractivity contribution in [2.24, 2.45) is 0 Å². The molecule has 17 heavy (non-hydrogen) atoms. The van der Waals surface area contributed by atoms with Crippen LogP contribution in [0.25, 0.3) is 0 Å². The number of alkyl halides is 2. The molecule has 0 atom stereocenters. The summed E-state index contributed by atoms with van der Waals surface area (Å²) in [4.78, 5) is 1.04. The van der Waals surface area contributed by atoms with Crippen LogP contribution in [0.3, 0.4) is 0 Å². The first-order chi connectivity index (χ1) is 7.89. The molecule has 0 bridgehead atoms. The van der Waals surface area contributed by atoms with Gasteiger partial charge in [-0.05, 0) is 18.6 Å². The maximum absolute atomic E-state index is 13.5. The number of hydrogen-bond donors (Lipinski definition) is 1. The predicted molar refractivity (Wildman–Crippen MR) is 57.2 cm³/mol. The second-order valence-corrected chi connectivity index (χ2v) is 4.21. The summed E-state index contributed by atoms with van der Waals surface area (Å²) in [5.74, 6) is -4.71. The second-order valence-electron chi connectivity index (χ2n) is 4.21. The number of hydrogen-bond acceptors (Lipinski definition) is 2. The molecule has 2 nitrogen and oxygen atoms in total. The predicted octanol–water partition coefficient (Wildman–Crippen LogP) is 2.78. The average molecular weight is 248 g/mol. The molecule has 2 N–H and O–H groups in total. The van der Waals surface area contributed by atoms with E-state index in [1.54, 1.807) is 0 Å². The molecule has 1 fully saturated rings. The molecule has 94 valence electrons. The first-order valence-corrected chi connectivity index (χ1v) is 5.26. The van der Waals surface area contributed by atoms with Crippen molar-refractivity contribution in [2.45, 2.75) is 18.8 Å². The summed E-state index contributed by atoms with van der Waals surface area (Å²) >= 11 is 0. The molecule has 0 unspecified atom stereocenters. The summed E-state index contributed by atoms with van der Waals surface area (Å²) in [5.41, 5.74) is 4.78. The van der Waals surface area contributed by atoms with Crippen molar-refractivity contribution in [3.63, 3.8) is 0 Å². The number of rotatable bonds is 1. The van der Waals surface area contributed by atoms with Crippen LogP contribution < -0.4 is 10.6 Å². The Morgan fingerprint density at radius 1 is 1.18 bits per heavy atom. The van der Waals surface area contributed by atoms with Crippen LogP contribution >= 0.6 is 0 Å². The van der Waals surface area contributed by atoms with E-state index in [0.717, 1.165) is 17.0 Å². The summed E-state index contributed by atoms with van der Waals surface area (Å²) in [6.45, 7) is -0.446. The minimum absolute atomic E-state index is 0.0625. The Hall–Kier alpha value is -1.46. The molecule has 0 spiro atoms. The molecule has 1 aliphatic rings. The van der Waals surface area contributed by atoms with Crippen molar-refractivity contribution >= 4 is 11.4 Å². The van der Waals surface area contributed by atoms with E-state index in [-0.39, 0.29) is 25.1 Å². The van der Waals surface area contributed by atoms with Crippen LogP contribution in [0, 0.1) is 11.6 Å². The Kier molecular flexibility index (Phi) is 2.89. The molecule has 1 aromatic carbocycles. The van der Waals surface area contributed by atoms with Crippen LogP contribution in [-0.2, 0) is 0 Å². The van der Waals surface area contributed by atoms with E-state index >= 15 is 0 Å². The van der Waals surface area contributed by atoms with E-state index in [1.165, 1.54) is 0 Å². The first kappa shape index (κ1) is 12.0. The molecule has 0 amide bonds. The average Bonchev–Trinajstić information content (AvgIpc) is 2.13. The smallest absolute Gasteiger partial charge is 0.265 e. The Morgan fingerprint density at radius 2 is 1.76 bits per heavy atom. The highest BCUT2D eigenvalue weighted by atomic mass is 19.3. The van der Waals surface area contributed by atoms with Gasteiger partial charge in [0.05, 0.1) is 6.54 Å². The minimum Gasteiger partial charge on any atom is -0.399 e. The van der Waals surface area contributed by atoms with Crippen LogP contribution in [0.5, 0.6) is 0 Å². The Balaban J connectivity index is 2.34. The molecular weight excluding hydrogens is 236 g/mol. The van der Waals surface area contributed by atoms with E-state index in [2.05, 4.69) is 0 Å². The topological polar surface area (TPSA) is 29.3 Å². The van der Waals surface area contributed by atoms with Crippen molar-refractivity contribution < 1.29 is 17.6 Å². The van der Waals surface area contributed by atoms with Crippen LogP contribution in [-0.4, -0.2) is 19.0 Å². The highest BCUT2D eigenvalue weighted by molar-refractivity contribution is 5.56. The SMILES string of the molecule is Nc1cc(F)c(N2CCCC(F)(F)C2)c(F)c1. The molecule has 0 radical (unpaired) electrons. The fourth-order valence-corrected chi connectivity index (χ4v) is 2.04. The van der Waals surface area contributed by atoms with Gasteiger partial charge in [-0.3, -0.25) is 0 Å². The quantitative estimate of drug-likeness (QED) is 0.611. The maximum Gasteiger partial charge on any atom is 0.265 e. The lowest BCUT2D eigenvalue weighted by Gasteiger charge is -2.34. The zero-order valence-electron chi connectivity index (χ0n) is 9.02. The normalized spacial score (nSPS) is 19.4. The molecule has 6 heteroatoms. The zero-order valence-corrected chi connectivity index (χ0v) is 9.02. The first-order valence-electron chi connectivity index (χ1n) is 5.26. The summed E-state index contributed by atoms with van der Waals surface area (Å²) in [6, 6.07) is 1.87. The maximum atomic E-state index is 13.5. The molecule has 0 saturated carbocycles. The third-order valence-corrected chi connectivity index (χ3v) is 2.75. The fourth-order valence-electron chi connectivity index (χ4n) is 2.04. The van der Waals surface area contributed by atoms with Gasteiger partial charge in [0.2, 0.25) is 0 Å². The zero-order chi connectivity index (χ0) is 12.6. The van der Waals surface area contributed by atoms with Gasteiger partial charge >= 0.3 is 0 Å². The van der Waals surface area contributed by atoms with Gasteiger partial charge in [-0.1, -0.05) is 0 Å². The summed E-state index contributed by atoms with van der Waals surface area (Å²) in [7, 11) is 0.